The average Bonchev–Trinajstić information content (AvgIpc) is 3.32. The number of carbonyl (C=O) groups excluding carboxylic acids is 1. The van der Waals surface area contributed by atoms with Gasteiger partial charge in [-0.3, -0.25) is 4.84 Å². The summed E-state index contributed by atoms with van der Waals surface area (Å²) in [5.74, 6) is 1.56. The molecule has 3 rings (SSSR count). The lowest BCUT2D eigenvalue weighted by Gasteiger charge is -2.21. The summed E-state index contributed by atoms with van der Waals surface area (Å²) in [5.41, 5.74) is 3.77. The third-order valence-electron chi connectivity index (χ3n) is 4.82. The molecule has 1 atom stereocenters. The van der Waals surface area contributed by atoms with Gasteiger partial charge in [-0.2, -0.15) is 9.44 Å². The molecule has 2 aromatic carbocycles. The van der Waals surface area contributed by atoms with Crippen molar-refractivity contribution in [3.8, 4) is 39.6 Å². The van der Waals surface area contributed by atoms with E-state index >= 15 is 0 Å². The Labute approximate surface area is 196 Å². The third-order valence-corrected chi connectivity index (χ3v) is 5.44. The molecule has 0 saturated carbocycles. The van der Waals surface area contributed by atoms with Crippen LogP contribution in [0.4, 0.5) is 10.5 Å². The number of benzene rings is 2. The van der Waals surface area contributed by atoms with Gasteiger partial charge in [0.05, 0.1) is 45.9 Å². The summed E-state index contributed by atoms with van der Waals surface area (Å²) in [5, 5.41) is 15.1. The van der Waals surface area contributed by atoms with Crippen molar-refractivity contribution in [2.45, 2.75) is 13.0 Å². The summed E-state index contributed by atoms with van der Waals surface area (Å²) in [6.07, 6.45) is -0.670. The summed E-state index contributed by atoms with van der Waals surface area (Å²) in [7, 11) is 6.09. The number of anilines is 1. The normalized spacial score (nSPS) is 11.6. The van der Waals surface area contributed by atoms with Gasteiger partial charge in [0.1, 0.15) is 0 Å². The number of ether oxygens (including phenoxy) is 3. The van der Waals surface area contributed by atoms with Crippen LogP contribution in [0.15, 0.2) is 41.8 Å². The molecule has 0 aliphatic heterocycles. The van der Waals surface area contributed by atoms with Crippen LogP contribution in [0.25, 0.3) is 22.4 Å². The molecule has 0 aliphatic rings. The first-order valence-electron chi connectivity index (χ1n) is 10.1. The maximum atomic E-state index is 12.5. The second-order valence-corrected chi connectivity index (χ2v) is 7.68. The second-order valence-electron chi connectivity index (χ2n) is 7.05. The van der Waals surface area contributed by atoms with E-state index in [2.05, 4.69) is 9.69 Å². The zero-order valence-electron chi connectivity index (χ0n) is 19.1. The summed E-state index contributed by atoms with van der Waals surface area (Å²) < 4.78 is 21.0. The number of rotatable bonds is 9. The number of hydrogen-bond donors (Lipinski definition) is 2. The highest BCUT2D eigenvalue weighted by molar-refractivity contribution is 7.04. The summed E-state index contributed by atoms with van der Waals surface area (Å²) >= 11 is 1.32. The Morgan fingerprint density at radius 2 is 1.79 bits per heavy atom. The number of urea groups is 1. The van der Waals surface area contributed by atoms with E-state index in [1.165, 1.54) is 18.6 Å². The quantitative estimate of drug-likeness (QED) is 0.454. The monoisotopic (exact) mass is 473 g/mol. The highest BCUT2D eigenvalue weighted by Gasteiger charge is 2.20. The van der Waals surface area contributed by atoms with E-state index in [1.807, 2.05) is 35.7 Å². The van der Waals surface area contributed by atoms with Gasteiger partial charge in [0.15, 0.2) is 11.5 Å². The molecule has 2 N–H and O–H groups in total. The lowest BCUT2D eigenvalue weighted by atomic mass is 10.0. The van der Waals surface area contributed by atoms with Crippen LogP contribution in [0.5, 0.6) is 17.2 Å². The van der Waals surface area contributed by atoms with E-state index in [0.29, 0.717) is 22.9 Å². The molecule has 0 saturated heterocycles. The van der Waals surface area contributed by atoms with Crippen molar-refractivity contribution >= 4 is 23.3 Å². The van der Waals surface area contributed by atoms with Crippen molar-refractivity contribution in [3.63, 3.8) is 0 Å². The number of aliphatic hydroxyl groups excluding tert-OH is 1. The number of aliphatic hydroxyl groups is 1. The molecule has 0 aliphatic carbocycles. The minimum Gasteiger partial charge on any atom is -0.493 e. The number of amides is 2. The van der Waals surface area contributed by atoms with Crippen molar-refractivity contribution < 1.29 is 28.9 Å². The molecule has 0 radical (unpaired) electrons. The van der Waals surface area contributed by atoms with E-state index in [-0.39, 0.29) is 6.54 Å². The first kappa shape index (κ1) is 24.3. The fourth-order valence-corrected chi connectivity index (χ4v) is 3.99. The molecule has 33 heavy (non-hydrogen) atoms. The predicted octanol–water partition coefficient (Wildman–Crippen LogP) is 3.96. The lowest BCUT2D eigenvalue weighted by Crippen LogP contribution is -2.42. The maximum Gasteiger partial charge on any atom is 0.346 e. The van der Waals surface area contributed by atoms with Crippen LogP contribution in [-0.4, -0.2) is 56.6 Å². The Morgan fingerprint density at radius 3 is 2.36 bits per heavy atom. The van der Waals surface area contributed by atoms with Gasteiger partial charge < -0.3 is 24.6 Å². The van der Waals surface area contributed by atoms with Crippen LogP contribution < -0.4 is 24.6 Å². The van der Waals surface area contributed by atoms with Gasteiger partial charge in [0.25, 0.3) is 0 Å². The number of aromatic nitrogens is 1. The number of carbonyl (C=O) groups is 1. The molecule has 0 fully saturated rings. The summed E-state index contributed by atoms with van der Waals surface area (Å²) in [6, 6.07) is 10.5. The fourth-order valence-electron chi connectivity index (χ4n) is 3.28. The van der Waals surface area contributed by atoms with Crippen LogP contribution in [0, 0.1) is 0 Å². The number of nitrogens with one attached hydrogen (secondary N) is 1. The topological polar surface area (TPSA) is 102 Å². The van der Waals surface area contributed by atoms with Gasteiger partial charge in [-0.1, -0.05) is 12.1 Å². The Balaban J connectivity index is 2.00. The van der Waals surface area contributed by atoms with E-state index in [0.717, 1.165) is 27.4 Å². The van der Waals surface area contributed by atoms with E-state index in [9.17, 15) is 9.90 Å². The Kier molecular flexibility index (Phi) is 8.10. The van der Waals surface area contributed by atoms with Crippen molar-refractivity contribution in [1.82, 2.24) is 9.69 Å². The second kappa shape index (κ2) is 11.0. The van der Waals surface area contributed by atoms with Crippen molar-refractivity contribution in [2.24, 2.45) is 0 Å². The van der Waals surface area contributed by atoms with Gasteiger partial charge in [-0.05, 0) is 48.3 Å². The fraction of sp³-hybridized carbons (Fsp3) is 0.304. The van der Waals surface area contributed by atoms with Crippen molar-refractivity contribution in [2.75, 3.05) is 40.0 Å². The molecule has 10 heteroatoms. The van der Waals surface area contributed by atoms with Crippen LogP contribution in [-0.2, 0) is 4.84 Å². The van der Waals surface area contributed by atoms with E-state index in [4.69, 9.17) is 19.0 Å². The smallest absolute Gasteiger partial charge is 0.346 e. The van der Waals surface area contributed by atoms with Crippen LogP contribution in [0.3, 0.4) is 0 Å². The number of methoxy groups -OCH3 is 3. The Hall–Kier alpha value is -3.34. The molecule has 1 unspecified atom stereocenters. The SMILES string of the molecule is COc1cc(-c2nscc2-c2cccc(N(OC)C(=O)NCC(C)O)c2)cc(OC)c1OC. The van der Waals surface area contributed by atoms with E-state index in [1.54, 1.807) is 34.3 Å². The number of hydrogen-bond acceptors (Lipinski definition) is 8. The molecular formula is C23H27N3O6S. The largest absolute Gasteiger partial charge is 0.493 e. The lowest BCUT2D eigenvalue weighted by molar-refractivity contribution is 0.154. The van der Waals surface area contributed by atoms with E-state index < -0.39 is 12.1 Å². The molecule has 176 valence electrons. The Bertz CT molecular complexity index is 1080. The minimum atomic E-state index is -0.670. The number of hydroxylamine groups is 1. The zero-order valence-corrected chi connectivity index (χ0v) is 19.9. The van der Waals surface area contributed by atoms with Crippen molar-refractivity contribution in [1.29, 1.82) is 0 Å². The van der Waals surface area contributed by atoms with Gasteiger partial charge in [0.2, 0.25) is 5.75 Å². The standard InChI is InChI=1S/C23H27N3O6S/c1-14(27)12-24-23(28)26(32-5)17-8-6-7-15(9-17)18-13-33-25-21(18)16-10-19(29-2)22(31-4)20(11-16)30-3/h6-11,13-14,27H,12H2,1-5H3,(H,24,28). The van der Waals surface area contributed by atoms with Gasteiger partial charge in [-0.15, -0.1) is 0 Å². The number of nitrogens with zero attached hydrogens (tertiary/aromatic N) is 2. The molecule has 3 aromatic rings. The average molecular weight is 474 g/mol. The molecule has 1 heterocycles. The molecule has 2 amide bonds. The minimum absolute atomic E-state index is 0.109. The third kappa shape index (κ3) is 5.36. The highest BCUT2D eigenvalue weighted by Crippen LogP contribution is 2.43. The highest BCUT2D eigenvalue weighted by atomic mass is 32.1. The first-order chi connectivity index (χ1) is 15.9. The first-order valence-corrected chi connectivity index (χ1v) is 10.9. The Morgan fingerprint density at radius 1 is 1.09 bits per heavy atom. The molecule has 0 bridgehead atoms. The molecular weight excluding hydrogens is 446 g/mol. The molecule has 0 spiro atoms. The molecule has 9 nitrogen and oxygen atoms in total. The zero-order chi connectivity index (χ0) is 24.0. The van der Waals surface area contributed by atoms with Crippen LogP contribution in [0.2, 0.25) is 0 Å². The summed E-state index contributed by atoms with van der Waals surface area (Å²) in [6.45, 7) is 1.70. The van der Waals surface area contributed by atoms with Gasteiger partial charge in [0, 0.05) is 23.1 Å². The van der Waals surface area contributed by atoms with Crippen molar-refractivity contribution in [3.05, 3.63) is 41.8 Å². The maximum absolute atomic E-state index is 12.5. The van der Waals surface area contributed by atoms with Gasteiger partial charge >= 0.3 is 6.03 Å². The van der Waals surface area contributed by atoms with Crippen LogP contribution >= 0.6 is 11.5 Å². The van der Waals surface area contributed by atoms with Gasteiger partial charge in [-0.25, -0.2) is 4.79 Å². The molecule has 1 aromatic heterocycles. The predicted molar refractivity (Wildman–Crippen MR) is 127 cm³/mol. The van der Waals surface area contributed by atoms with Crippen LogP contribution in [0.1, 0.15) is 6.92 Å². The summed E-state index contributed by atoms with van der Waals surface area (Å²) in [4.78, 5) is 17.8.